The van der Waals surface area contributed by atoms with Crippen LogP contribution in [0.4, 0.5) is 0 Å². The van der Waals surface area contributed by atoms with Gasteiger partial charge in [-0.25, -0.2) is 0 Å². The van der Waals surface area contributed by atoms with Gasteiger partial charge in [-0.15, -0.1) is 0 Å². The fourth-order valence-electron chi connectivity index (χ4n) is 5.34. The van der Waals surface area contributed by atoms with Crippen LogP contribution in [0, 0.1) is 17.3 Å². The van der Waals surface area contributed by atoms with Crippen LogP contribution in [-0.4, -0.2) is 6.29 Å². The predicted octanol–water partition coefficient (Wildman–Crippen LogP) is 9.55. The predicted molar refractivity (Wildman–Crippen MR) is 138 cm³/mol. The molecule has 0 aromatic rings. The summed E-state index contributed by atoms with van der Waals surface area (Å²) < 4.78 is 0. The van der Waals surface area contributed by atoms with Crippen LogP contribution in [0.25, 0.3) is 0 Å². The molecule has 1 aliphatic rings. The molecule has 0 radical (unpaired) electrons. The minimum absolute atomic E-state index is 0.298. The molecule has 1 fully saturated rings. The van der Waals surface area contributed by atoms with E-state index in [0.717, 1.165) is 32.0 Å². The minimum Gasteiger partial charge on any atom is -0.303 e. The van der Waals surface area contributed by atoms with Gasteiger partial charge in [0.1, 0.15) is 6.29 Å². The molecule has 0 aromatic carbocycles. The number of hydrogen-bond acceptors (Lipinski definition) is 1. The summed E-state index contributed by atoms with van der Waals surface area (Å²) in [6.07, 6.45) is 19.6. The summed E-state index contributed by atoms with van der Waals surface area (Å²) in [7, 11) is 0. The highest BCUT2D eigenvalue weighted by Crippen LogP contribution is 2.53. The third kappa shape index (κ3) is 9.34. The largest absolute Gasteiger partial charge is 0.303 e. The van der Waals surface area contributed by atoms with Crippen molar-refractivity contribution in [3.63, 3.8) is 0 Å². The maximum Gasteiger partial charge on any atom is 0.120 e. The Hall–Kier alpha value is -1.37. The van der Waals surface area contributed by atoms with Gasteiger partial charge in [0, 0.05) is 6.42 Å². The van der Waals surface area contributed by atoms with Gasteiger partial charge >= 0.3 is 0 Å². The highest BCUT2D eigenvalue weighted by atomic mass is 16.1. The Labute approximate surface area is 194 Å². The lowest BCUT2D eigenvalue weighted by molar-refractivity contribution is -0.108. The van der Waals surface area contributed by atoms with E-state index in [2.05, 4.69) is 73.6 Å². The molecule has 0 saturated heterocycles. The van der Waals surface area contributed by atoms with E-state index in [1.165, 1.54) is 54.4 Å². The highest BCUT2D eigenvalue weighted by molar-refractivity contribution is 5.49. The minimum atomic E-state index is 0.298. The summed E-state index contributed by atoms with van der Waals surface area (Å²) in [5, 5.41) is 0. The van der Waals surface area contributed by atoms with Gasteiger partial charge in [-0.1, -0.05) is 59.9 Å². The second-order valence-electron chi connectivity index (χ2n) is 10.8. The van der Waals surface area contributed by atoms with Crippen molar-refractivity contribution in [1.29, 1.82) is 0 Å². The molecule has 0 aromatic heterocycles. The van der Waals surface area contributed by atoms with E-state index < -0.39 is 0 Å². The Morgan fingerprint density at radius 3 is 2.03 bits per heavy atom. The number of aldehydes is 1. The molecule has 1 aliphatic carbocycles. The fraction of sp³-hybridized carbons (Fsp3) is 0.700. The molecule has 176 valence electrons. The summed E-state index contributed by atoms with van der Waals surface area (Å²) in [5.74, 6) is 1.28. The topological polar surface area (TPSA) is 17.1 Å². The van der Waals surface area contributed by atoms with E-state index in [9.17, 15) is 4.79 Å². The van der Waals surface area contributed by atoms with Crippen molar-refractivity contribution in [1.82, 2.24) is 0 Å². The lowest BCUT2D eigenvalue weighted by atomic mass is 9.56. The van der Waals surface area contributed by atoms with E-state index in [1.54, 1.807) is 5.57 Å². The van der Waals surface area contributed by atoms with Crippen molar-refractivity contribution >= 4 is 6.29 Å². The van der Waals surface area contributed by atoms with E-state index in [-0.39, 0.29) is 0 Å². The average Bonchev–Trinajstić information content (AvgIpc) is 2.68. The van der Waals surface area contributed by atoms with Crippen LogP contribution in [-0.2, 0) is 4.79 Å². The number of carbonyl (C=O) groups is 1. The maximum atomic E-state index is 11.1. The first-order valence-electron chi connectivity index (χ1n) is 12.7. The molecule has 3 atom stereocenters. The van der Waals surface area contributed by atoms with Crippen LogP contribution >= 0.6 is 0 Å². The average molecular weight is 427 g/mol. The molecule has 0 aliphatic heterocycles. The fourth-order valence-corrected chi connectivity index (χ4v) is 5.34. The summed E-state index contributed by atoms with van der Waals surface area (Å²) >= 11 is 0. The van der Waals surface area contributed by atoms with E-state index in [1.807, 2.05) is 0 Å². The van der Waals surface area contributed by atoms with Gasteiger partial charge in [0.05, 0.1) is 0 Å². The number of carbonyl (C=O) groups excluding carboxylic acids is 1. The standard InChI is InChI=1S/C30H50O/c1-23(2)13-9-14-25(5)15-10-16-26(6)17-11-21-30(8)27(7)19-20-28(24(3)4)29(30)18-12-22-31/h13,15,17,22,27,29H,9-12,14,16,18-21H2,1-8H3/b25-15+,26-17+/t27-,29+,30+/m0/s1. The Morgan fingerprint density at radius 1 is 0.903 bits per heavy atom. The first kappa shape index (κ1) is 27.7. The molecule has 0 N–H and O–H groups in total. The Morgan fingerprint density at radius 2 is 1.48 bits per heavy atom. The quantitative estimate of drug-likeness (QED) is 0.224. The zero-order chi connectivity index (χ0) is 23.4. The van der Waals surface area contributed by atoms with Crippen LogP contribution in [0.3, 0.4) is 0 Å². The van der Waals surface area contributed by atoms with Gasteiger partial charge in [-0.05, 0) is 117 Å². The molecule has 1 rings (SSSR count). The van der Waals surface area contributed by atoms with Gasteiger partial charge in [-0.2, -0.15) is 0 Å². The van der Waals surface area contributed by atoms with Crippen molar-refractivity contribution in [3.8, 4) is 0 Å². The zero-order valence-electron chi connectivity index (χ0n) is 21.9. The van der Waals surface area contributed by atoms with Gasteiger partial charge < -0.3 is 4.79 Å². The SMILES string of the molecule is CC(C)=CCC/C(C)=C/CC/C(C)=C/CC[C@@]1(C)[C@H](CCC=O)C(=C(C)C)CC[C@@H]1C. The normalized spacial score (nSPS) is 24.8. The molecular formula is C30H50O. The van der Waals surface area contributed by atoms with E-state index >= 15 is 0 Å². The lowest BCUT2D eigenvalue weighted by Gasteiger charge is -2.49. The number of allylic oxidation sites excluding steroid dienone is 8. The van der Waals surface area contributed by atoms with Crippen LogP contribution in [0.1, 0.15) is 120 Å². The Kier molecular flexibility index (Phi) is 12.4. The third-order valence-corrected chi connectivity index (χ3v) is 7.70. The second-order valence-corrected chi connectivity index (χ2v) is 10.8. The molecule has 1 saturated carbocycles. The molecule has 0 spiro atoms. The van der Waals surface area contributed by atoms with Crippen molar-refractivity contribution in [2.75, 3.05) is 0 Å². The molecule has 0 unspecified atom stereocenters. The first-order valence-corrected chi connectivity index (χ1v) is 12.7. The highest BCUT2D eigenvalue weighted by Gasteiger charge is 2.43. The first-order chi connectivity index (χ1) is 14.6. The Bertz CT molecular complexity index is 679. The van der Waals surface area contributed by atoms with Crippen molar-refractivity contribution in [2.45, 2.75) is 120 Å². The molecule has 1 nitrogen and oxygen atoms in total. The molecule has 0 bridgehead atoms. The van der Waals surface area contributed by atoms with Gasteiger partial charge in [0.2, 0.25) is 0 Å². The smallest absolute Gasteiger partial charge is 0.120 e. The monoisotopic (exact) mass is 426 g/mol. The van der Waals surface area contributed by atoms with Crippen molar-refractivity contribution in [3.05, 3.63) is 46.1 Å². The summed E-state index contributed by atoms with van der Waals surface area (Å²) in [6, 6.07) is 0. The molecular weight excluding hydrogens is 376 g/mol. The number of hydrogen-bond donors (Lipinski definition) is 0. The molecule has 31 heavy (non-hydrogen) atoms. The second kappa shape index (κ2) is 13.9. The number of rotatable bonds is 12. The van der Waals surface area contributed by atoms with E-state index in [4.69, 9.17) is 0 Å². The molecule has 1 heteroatoms. The summed E-state index contributed by atoms with van der Waals surface area (Å²) in [4.78, 5) is 11.1. The van der Waals surface area contributed by atoms with Crippen LogP contribution in [0.15, 0.2) is 46.1 Å². The van der Waals surface area contributed by atoms with Crippen LogP contribution in [0.2, 0.25) is 0 Å². The summed E-state index contributed by atoms with van der Waals surface area (Å²) in [6.45, 7) is 18.4. The van der Waals surface area contributed by atoms with Gasteiger partial charge in [0.15, 0.2) is 0 Å². The third-order valence-electron chi connectivity index (χ3n) is 7.70. The lowest BCUT2D eigenvalue weighted by Crippen LogP contribution is -2.39. The van der Waals surface area contributed by atoms with Gasteiger partial charge in [-0.3, -0.25) is 0 Å². The molecule has 0 heterocycles. The van der Waals surface area contributed by atoms with E-state index in [0.29, 0.717) is 23.7 Å². The van der Waals surface area contributed by atoms with Crippen LogP contribution < -0.4 is 0 Å². The molecule has 0 amide bonds. The zero-order valence-corrected chi connectivity index (χ0v) is 21.9. The van der Waals surface area contributed by atoms with Gasteiger partial charge in [0.25, 0.3) is 0 Å². The summed E-state index contributed by atoms with van der Waals surface area (Å²) in [5.41, 5.74) is 7.86. The van der Waals surface area contributed by atoms with Crippen molar-refractivity contribution in [2.24, 2.45) is 17.3 Å². The maximum absolute atomic E-state index is 11.1. The Balaban J connectivity index is 2.68. The van der Waals surface area contributed by atoms with Crippen molar-refractivity contribution < 1.29 is 4.79 Å². The van der Waals surface area contributed by atoms with Crippen LogP contribution in [0.5, 0.6) is 0 Å².